The van der Waals surface area contributed by atoms with Crippen LogP contribution >= 0.6 is 0 Å². The third kappa shape index (κ3) is 6.26. The Morgan fingerprint density at radius 1 is 0.964 bits per heavy atom. The van der Waals surface area contributed by atoms with Gasteiger partial charge in [-0.3, -0.25) is 9.59 Å². The number of ether oxygens (including phenoxy) is 1. The van der Waals surface area contributed by atoms with Crippen LogP contribution in [0.15, 0.2) is 48.5 Å². The fraction of sp³-hybridized carbons (Fsp3) is 0.263. The van der Waals surface area contributed by atoms with Gasteiger partial charge in [-0.25, -0.2) is 4.39 Å². The van der Waals surface area contributed by atoms with Gasteiger partial charge in [-0.2, -0.15) is 0 Å². The zero-order valence-corrected chi connectivity index (χ0v) is 15.0. The normalized spacial score (nSPS) is 12.4. The Morgan fingerprint density at radius 2 is 1.54 bits per heavy atom. The van der Waals surface area contributed by atoms with Gasteiger partial charge in [0.2, 0.25) is 5.91 Å². The van der Waals surface area contributed by atoms with Crippen LogP contribution in [0.2, 0.25) is 0 Å². The third-order valence-corrected chi connectivity index (χ3v) is 3.70. The monoisotopic (exact) mass is 398 g/mol. The number of rotatable bonds is 6. The molecule has 0 bridgehead atoms. The molecule has 0 aliphatic carbocycles. The van der Waals surface area contributed by atoms with E-state index in [9.17, 15) is 27.2 Å². The first-order valence-electron chi connectivity index (χ1n) is 8.28. The van der Waals surface area contributed by atoms with E-state index in [1.807, 2.05) is 0 Å². The second-order valence-electron chi connectivity index (χ2n) is 6.26. The number of halogens is 4. The molecule has 0 unspecified atom stereocenters. The molecule has 0 saturated carbocycles. The molecule has 1 atom stereocenters. The van der Waals surface area contributed by atoms with Gasteiger partial charge >= 0.3 is 6.36 Å². The maximum Gasteiger partial charge on any atom is 0.573 e. The summed E-state index contributed by atoms with van der Waals surface area (Å²) in [5, 5.41) is 5.10. The number of benzene rings is 2. The SMILES string of the molecule is CC(C)[C@H](NC(=O)c1ccc(F)cc1)C(=O)Nc1ccc(OC(F)(F)F)cc1. The molecule has 2 aromatic carbocycles. The first kappa shape index (κ1) is 21.2. The van der Waals surface area contributed by atoms with Crippen LogP contribution in [0.3, 0.4) is 0 Å². The molecule has 2 amide bonds. The Kier molecular flexibility index (Phi) is 6.61. The minimum Gasteiger partial charge on any atom is -0.406 e. The molecular weight excluding hydrogens is 380 g/mol. The Balaban J connectivity index is 2.04. The first-order valence-corrected chi connectivity index (χ1v) is 8.28. The summed E-state index contributed by atoms with van der Waals surface area (Å²) >= 11 is 0. The molecule has 0 fully saturated rings. The lowest BCUT2D eigenvalue weighted by atomic mass is 10.0. The van der Waals surface area contributed by atoms with Gasteiger partial charge in [0.05, 0.1) is 0 Å². The summed E-state index contributed by atoms with van der Waals surface area (Å²) in [6, 6.07) is 8.54. The maximum absolute atomic E-state index is 13.0. The summed E-state index contributed by atoms with van der Waals surface area (Å²) in [5.41, 5.74) is 0.426. The van der Waals surface area contributed by atoms with Gasteiger partial charge in [0.15, 0.2) is 0 Å². The van der Waals surface area contributed by atoms with Gasteiger partial charge in [-0.15, -0.1) is 13.2 Å². The number of nitrogens with one attached hydrogen (secondary N) is 2. The van der Waals surface area contributed by atoms with E-state index in [1.54, 1.807) is 13.8 Å². The van der Waals surface area contributed by atoms with Crippen molar-refractivity contribution in [2.45, 2.75) is 26.3 Å². The Labute approximate surface area is 158 Å². The van der Waals surface area contributed by atoms with E-state index >= 15 is 0 Å². The van der Waals surface area contributed by atoms with Crippen LogP contribution in [-0.4, -0.2) is 24.2 Å². The van der Waals surface area contributed by atoms with Crippen LogP contribution in [-0.2, 0) is 4.79 Å². The summed E-state index contributed by atoms with van der Waals surface area (Å²) in [6.45, 7) is 3.44. The van der Waals surface area contributed by atoms with E-state index in [1.165, 1.54) is 24.3 Å². The largest absolute Gasteiger partial charge is 0.573 e. The molecule has 2 N–H and O–H groups in total. The predicted octanol–water partition coefficient (Wildman–Crippen LogP) is 4.12. The Morgan fingerprint density at radius 3 is 2.04 bits per heavy atom. The van der Waals surface area contributed by atoms with Crippen molar-refractivity contribution in [3.63, 3.8) is 0 Å². The van der Waals surface area contributed by atoms with Crippen molar-refractivity contribution in [1.82, 2.24) is 5.32 Å². The van der Waals surface area contributed by atoms with E-state index in [4.69, 9.17) is 0 Å². The van der Waals surface area contributed by atoms with Crippen LogP contribution < -0.4 is 15.4 Å². The molecular formula is C19H18F4N2O3. The number of carbonyl (C=O) groups is 2. The van der Waals surface area contributed by atoms with Crippen LogP contribution in [0, 0.1) is 11.7 Å². The molecule has 0 heterocycles. The molecule has 28 heavy (non-hydrogen) atoms. The van der Waals surface area contributed by atoms with E-state index in [-0.39, 0.29) is 17.2 Å². The fourth-order valence-corrected chi connectivity index (χ4v) is 2.32. The standard InChI is InChI=1S/C19H18F4N2O3/c1-11(2)16(25-17(26)12-3-5-13(20)6-4-12)18(27)24-14-7-9-15(10-8-14)28-19(21,22)23/h3-11,16H,1-2H3,(H,24,27)(H,25,26)/t16-/m0/s1. The minimum atomic E-state index is -4.81. The number of anilines is 1. The lowest BCUT2D eigenvalue weighted by molar-refractivity contribution is -0.274. The van der Waals surface area contributed by atoms with E-state index in [0.29, 0.717) is 0 Å². The number of carbonyl (C=O) groups excluding carboxylic acids is 2. The average molecular weight is 398 g/mol. The number of hydrogen-bond donors (Lipinski definition) is 2. The molecule has 9 heteroatoms. The molecule has 0 aromatic heterocycles. The Hall–Kier alpha value is -3.10. The summed E-state index contributed by atoms with van der Waals surface area (Å²) in [7, 11) is 0. The second kappa shape index (κ2) is 8.73. The highest BCUT2D eigenvalue weighted by molar-refractivity contribution is 6.01. The molecule has 5 nitrogen and oxygen atoms in total. The van der Waals surface area contributed by atoms with Gasteiger partial charge in [-0.05, 0) is 54.4 Å². The fourth-order valence-electron chi connectivity index (χ4n) is 2.32. The van der Waals surface area contributed by atoms with E-state index < -0.39 is 35.8 Å². The van der Waals surface area contributed by atoms with Crippen molar-refractivity contribution in [2.75, 3.05) is 5.32 Å². The lowest BCUT2D eigenvalue weighted by Gasteiger charge is -2.22. The van der Waals surface area contributed by atoms with Crippen LogP contribution in [0.4, 0.5) is 23.2 Å². The van der Waals surface area contributed by atoms with Gasteiger partial charge in [-0.1, -0.05) is 13.8 Å². The van der Waals surface area contributed by atoms with Crippen molar-refractivity contribution in [1.29, 1.82) is 0 Å². The molecule has 2 rings (SSSR count). The van der Waals surface area contributed by atoms with Crippen molar-refractivity contribution in [3.05, 3.63) is 59.9 Å². The van der Waals surface area contributed by atoms with Gasteiger partial charge in [0, 0.05) is 11.3 Å². The topological polar surface area (TPSA) is 67.4 Å². The van der Waals surface area contributed by atoms with Gasteiger partial charge < -0.3 is 15.4 Å². The summed E-state index contributed by atoms with van der Waals surface area (Å²) in [6.07, 6.45) is -4.81. The smallest absolute Gasteiger partial charge is 0.406 e. The molecule has 2 aromatic rings. The number of amides is 2. The van der Waals surface area contributed by atoms with E-state index in [0.717, 1.165) is 24.3 Å². The third-order valence-electron chi connectivity index (χ3n) is 3.70. The second-order valence-corrected chi connectivity index (χ2v) is 6.26. The summed E-state index contributed by atoms with van der Waals surface area (Å²) in [4.78, 5) is 24.8. The van der Waals surface area contributed by atoms with E-state index in [2.05, 4.69) is 15.4 Å². The van der Waals surface area contributed by atoms with Crippen molar-refractivity contribution in [3.8, 4) is 5.75 Å². The zero-order valence-electron chi connectivity index (χ0n) is 15.0. The van der Waals surface area contributed by atoms with Crippen LogP contribution in [0.25, 0.3) is 0 Å². The quantitative estimate of drug-likeness (QED) is 0.720. The van der Waals surface area contributed by atoms with Gasteiger partial charge in [0.1, 0.15) is 17.6 Å². The minimum absolute atomic E-state index is 0.188. The highest BCUT2D eigenvalue weighted by atomic mass is 19.4. The zero-order chi connectivity index (χ0) is 20.9. The van der Waals surface area contributed by atoms with Gasteiger partial charge in [0.25, 0.3) is 5.91 Å². The average Bonchev–Trinajstić information content (AvgIpc) is 2.60. The highest BCUT2D eigenvalue weighted by Crippen LogP contribution is 2.24. The van der Waals surface area contributed by atoms with Crippen LogP contribution in [0.5, 0.6) is 5.75 Å². The highest BCUT2D eigenvalue weighted by Gasteiger charge is 2.31. The molecule has 0 aliphatic rings. The summed E-state index contributed by atoms with van der Waals surface area (Å²) in [5.74, 6) is -2.29. The Bertz CT molecular complexity index is 819. The predicted molar refractivity (Wildman–Crippen MR) is 94.2 cm³/mol. The summed E-state index contributed by atoms with van der Waals surface area (Å²) < 4.78 is 53.3. The number of hydrogen-bond acceptors (Lipinski definition) is 3. The molecule has 0 aliphatic heterocycles. The molecule has 0 spiro atoms. The lowest BCUT2D eigenvalue weighted by Crippen LogP contribution is -2.47. The van der Waals surface area contributed by atoms with Crippen molar-refractivity contribution < 1.29 is 31.9 Å². The molecule has 0 radical (unpaired) electrons. The molecule has 150 valence electrons. The maximum atomic E-state index is 13.0. The van der Waals surface area contributed by atoms with Crippen molar-refractivity contribution >= 4 is 17.5 Å². The molecule has 0 saturated heterocycles. The van der Waals surface area contributed by atoms with Crippen LogP contribution in [0.1, 0.15) is 24.2 Å². The first-order chi connectivity index (χ1) is 13.0. The van der Waals surface area contributed by atoms with Crippen molar-refractivity contribution in [2.24, 2.45) is 5.92 Å². The number of alkyl halides is 3.